The summed E-state index contributed by atoms with van der Waals surface area (Å²) in [5, 5.41) is 7.26. The molecule has 0 fully saturated rings. The van der Waals surface area contributed by atoms with E-state index in [2.05, 4.69) is 26.3 Å². The number of benzene rings is 1. The molecule has 0 radical (unpaired) electrons. The molecule has 0 bridgehead atoms. The van der Waals surface area contributed by atoms with Crippen LogP contribution in [0.1, 0.15) is 0 Å². The van der Waals surface area contributed by atoms with Gasteiger partial charge in [0.25, 0.3) is 0 Å². The van der Waals surface area contributed by atoms with Crippen molar-refractivity contribution in [3.05, 3.63) is 38.9 Å². The van der Waals surface area contributed by atoms with Crippen molar-refractivity contribution < 1.29 is 4.79 Å². The standard InChI is InChI=1S/C11H9BrCl2N4O/c12-6-3-7(13)11(8(14)4-6)16-10(19)5-18-2-1-9(15)17-18/h1-4H,5H2,(H2,15,17)(H,16,19). The third-order valence-electron chi connectivity index (χ3n) is 2.24. The molecule has 0 saturated carbocycles. The van der Waals surface area contributed by atoms with Crippen molar-refractivity contribution in [3.63, 3.8) is 0 Å². The number of carbonyl (C=O) groups excluding carboxylic acids is 1. The zero-order valence-corrected chi connectivity index (χ0v) is 12.6. The molecule has 1 heterocycles. The van der Waals surface area contributed by atoms with Gasteiger partial charge < -0.3 is 11.1 Å². The van der Waals surface area contributed by atoms with Gasteiger partial charge in [-0.1, -0.05) is 39.1 Å². The van der Waals surface area contributed by atoms with Gasteiger partial charge in [0.2, 0.25) is 5.91 Å². The topological polar surface area (TPSA) is 72.9 Å². The van der Waals surface area contributed by atoms with Crippen LogP contribution in [0.15, 0.2) is 28.9 Å². The lowest BCUT2D eigenvalue weighted by molar-refractivity contribution is -0.116. The van der Waals surface area contributed by atoms with Crippen LogP contribution in [0.2, 0.25) is 10.0 Å². The predicted molar refractivity (Wildman–Crippen MR) is 79.4 cm³/mol. The van der Waals surface area contributed by atoms with Gasteiger partial charge in [-0.25, -0.2) is 0 Å². The van der Waals surface area contributed by atoms with E-state index in [4.69, 9.17) is 28.9 Å². The molecule has 0 atom stereocenters. The van der Waals surface area contributed by atoms with Gasteiger partial charge >= 0.3 is 0 Å². The molecular formula is C11H9BrCl2N4O. The summed E-state index contributed by atoms with van der Waals surface area (Å²) in [4.78, 5) is 11.8. The average Bonchev–Trinajstić information content (AvgIpc) is 2.69. The molecule has 1 aromatic heterocycles. The number of carbonyl (C=O) groups is 1. The van der Waals surface area contributed by atoms with Gasteiger partial charge in [-0.3, -0.25) is 9.48 Å². The van der Waals surface area contributed by atoms with Gasteiger partial charge in [0.15, 0.2) is 0 Å². The fourth-order valence-electron chi connectivity index (χ4n) is 1.45. The van der Waals surface area contributed by atoms with E-state index in [0.29, 0.717) is 21.6 Å². The first kappa shape index (κ1) is 14.2. The molecule has 0 unspecified atom stereocenters. The highest BCUT2D eigenvalue weighted by Gasteiger charge is 2.11. The quantitative estimate of drug-likeness (QED) is 0.879. The van der Waals surface area contributed by atoms with Crippen LogP contribution in [0.4, 0.5) is 11.5 Å². The summed E-state index contributed by atoms with van der Waals surface area (Å²) in [6.45, 7) is 0.0277. The Balaban J connectivity index is 2.11. The van der Waals surface area contributed by atoms with Crippen LogP contribution in [0, 0.1) is 0 Å². The number of nitrogens with one attached hydrogen (secondary N) is 1. The first-order chi connectivity index (χ1) is 8.95. The summed E-state index contributed by atoms with van der Waals surface area (Å²) in [6, 6.07) is 4.90. The van der Waals surface area contributed by atoms with Crippen LogP contribution in [0.5, 0.6) is 0 Å². The number of hydrogen-bond acceptors (Lipinski definition) is 3. The minimum Gasteiger partial charge on any atom is -0.382 e. The van der Waals surface area contributed by atoms with Crippen LogP contribution in [-0.4, -0.2) is 15.7 Å². The fourth-order valence-corrected chi connectivity index (χ4v) is 2.76. The van der Waals surface area contributed by atoms with Gasteiger partial charge in [-0.05, 0) is 18.2 Å². The Morgan fingerprint density at radius 2 is 2.05 bits per heavy atom. The van der Waals surface area contributed by atoms with E-state index in [1.807, 2.05) is 0 Å². The molecule has 100 valence electrons. The highest BCUT2D eigenvalue weighted by molar-refractivity contribution is 9.10. The van der Waals surface area contributed by atoms with Crippen molar-refractivity contribution in [2.75, 3.05) is 11.1 Å². The maximum Gasteiger partial charge on any atom is 0.246 e. The number of rotatable bonds is 3. The third kappa shape index (κ3) is 3.62. The summed E-state index contributed by atoms with van der Waals surface area (Å²) in [5.41, 5.74) is 5.83. The summed E-state index contributed by atoms with van der Waals surface area (Å²) >= 11 is 15.3. The first-order valence-electron chi connectivity index (χ1n) is 5.19. The minimum absolute atomic E-state index is 0.0277. The Labute approximate surface area is 127 Å². The van der Waals surface area contributed by atoms with Crippen LogP contribution >= 0.6 is 39.1 Å². The molecule has 3 N–H and O–H groups in total. The maximum atomic E-state index is 11.8. The van der Waals surface area contributed by atoms with Gasteiger partial charge in [-0.2, -0.15) is 5.10 Å². The monoisotopic (exact) mass is 362 g/mol. The SMILES string of the molecule is Nc1ccn(CC(=O)Nc2c(Cl)cc(Br)cc2Cl)n1. The molecule has 0 saturated heterocycles. The van der Waals surface area contributed by atoms with Gasteiger partial charge in [0.05, 0.1) is 15.7 Å². The second-order valence-electron chi connectivity index (χ2n) is 3.73. The second-order valence-corrected chi connectivity index (χ2v) is 5.46. The Morgan fingerprint density at radius 3 is 2.58 bits per heavy atom. The zero-order chi connectivity index (χ0) is 14.0. The zero-order valence-electron chi connectivity index (χ0n) is 9.53. The predicted octanol–water partition coefficient (Wildman–Crippen LogP) is 3.17. The highest BCUT2D eigenvalue weighted by Crippen LogP contribution is 2.33. The number of aromatic nitrogens is 2. The normalized spacial score (nSPS) is 10.5. The second kappa shape index (κ2) is 5.81. The number of anilines is 2. The van der Waals surface area contributed by atoms with Crippen molar-refractivity contribution in [2.45, 2.75) is 6.54 Å². The lowest BCUT2D eigenvalue weighted by Crippen LogP contribution is -2.19. The van der Waals surface area contributed by atoms with Crippen molar-refractivity contribution in [1.82, 2.24) is 9.78 Å². The molecule has 0 aliphatic heterocycles. The lowest BCUT2D eigenvalue weighted by Gasteiger charge is -2.10. The number of nitrogens with two attached hydrogens (primary N) is 1. The molecular weight excluding hydrogens is 355 g/mol. The molecule has 2 aromatic rings. The molecule has 1 aromatic carbocycles. The van der Waals surface area contributed by atoms with E-state index in [0.717, 1.165) is 4.47 Å². The molecule has 1 amide bonds. The van der Waals surface area contributed by atoms with Gasteiger partial charge in [0, 0.05) is 10.7 Å². The molecule has 0 aliphatic rings. The fraction of sp³-hybridized carbons (Fsp3) is 0.0909. The van der Waals surface area contributed by atoms with Crippen molar-refractivity contribution in [2.24, 2.45) is 0 Å². The highest BCUT2D eigenvalue weighted by atomic mass is 79.9. The number of hydrogen-bond donors (Lipinski definition) is 2. The Kier molecular flexibility index (Phi) is 4.34. The molecule has 2 rings (SSSR count). The lowest BCUT2D eigenvalue weighted by atomic mass is 10.3. The minimum atomic E-state index is -0.297. The smallest absolute Gasteiger partial charge is 0.246 e. The van der Waals surface area contributed by atoms with E-state index >= 15 is 0 Å². The molecule has 8 heteroatoms. The first-order valence-corrected chi connectivity index (χ1v) is 6.74. The van der Waals surface area contributed by atoms with E-state index < -0.39 is 0 Å². The van der Waals surface area contributed by atoms with E-state index in [-0.39, 0.29) is 12.5 Å². The number of amides is 1. The summed E-state index contributed by atoms with van der Waals surface area (Å²) in [7, 11) is 0. The van der Waals surface area contributed by atoms with Crippen LogP contribution < -0.4 is 11.1 Å². The van der Waals surface area contributed by atoms with Crippen molar-refractivity contribution in [3.8, 4) is 0 Å². The van der Waals surface area contributed by atoms with Crippen LogP contribution in [-0.2, 0) is 11.3 Å². The van der Waals surface area contributed by atoms with Crippen LogP contribution in [0.25, 0.3) is 0 Å². The van der Waals surface area contributed by atoms with Crippen molar-refractivity contribution >= 4 is 56.5 Å². The van der Waals surface area contributed by atoms with Gasteiger partial charge in [0.1, 0.15) is 12.4 Å². The van der Waals surface area contributed by atoms with Crippen LogP contribution in [0.3, 0.4) is 0 Å². The molecule has 0 aliphatic carbocycles. The Bertz CT molecular complexity index is 606. The van der Waals surface area contributed by atoms with E-state index in [1.165, 1.54) is 4.68 Å². The third-order valence-corrected chi connectivity index (χ3v) is 3.29. The van der Waals surface area contributed by atoms with E-state index in [1.54, 1.807) is 24.4 Å². The maximum absolute atomic E-state index is 11.8. The Hall–Kier alpha value is -1.24. The van der Waals surface area contributed by atoms with Gasteiger partial charge in [-0.15, -0.1) is 0 Å². The molecule has 5 nitrogen and oxygen atoms in total. The summed E-state index contributed by atoms with van der Waals surface area (Å²) in [5.74, 6) is 0.0572. The van der Waals surface area contributed by atoms with E-state index in [9.17, 15) is 4.79 Å². The summed E-state index contributed by atoms with van der Waals surface area (Å²) < 4.78 is 2.16. The number of nitrogen functional groups attached to an aromatic ring is 1. The number of halogens is 3. The average molecular weight is 364 g/mol. The number of nitrogens with zero attached hydrogens (tertiary/aromatic N) is 2. The Morgan fingerprint density at radius 1 is 1.42 bits per heavy atom. The largest absolute Gasteiger partial charge is 0.382 e. The molecule has 0 spiro atoms. The summed E-state index contributed by atoms with van der Waals surface area (Å²) in [6.07, 6.45) is 1.61. The molecule has 19 heavy (non-hydrogen) atoms. The van der Waals surface area contributed by atoms with Crippen molar-refractivity contribution in [1.29, 1.82) is 0 Å².